The van der Waals surface area contributed by atoms with Crippen LogP contribution in [-0.2, 0) is 16.0 Å². The maximum atomic E-state index is 11.9. The average molecular weight is 364 g/mol. The smallest absolute Gasteiger partial charge is 0.334 e. The van der Waals surface area contributed by atoms with Crippen molar-refractivity contribution in [2.45, 2.75) is 26.2 Å². The minimum atomic E-state index is -1.13. The lowest BCUT2D eigenvalue weighted by Gasteiger charge is -2.29. The summed E-state index contributed by atoms with van der Waals surface area (Å²) in [5, 5.41) is 22.3. The number of benzene rings is 1. The second kappa shape index (κ2) is 7.45. The van der Waals surface area contributed by atoms with Gasteiger partial charge in [0.15, 0.2) is 0 Å². The van der Waals surface area contributed by atoms with E-state index >= 15 is 0 Å². The summed E-state index contributed by atoms with van der Waals surface area (Å²) in [6.07, 6.45) is 4.11. The molecule has 1 aliphatic rings. The fourth-order valence-corrected chi connectivity index (χ4v) is 3.52. The van der Waals surface area contributed by atoms with Crippen molar-refractivity contribution < 1.29 is 19.8 Å². The van der Waals surface area contributed by atoms with Gasteiger partial charge in [-0.1, -0.05) is 30.3 Å². The Morgan fingerprint density at radius 1 is 1.00 bits per heavy atom. The Hall–Kier alpha value is -3.41. The number of aliphatic carboxylic acids is 2. The van der Waals surface area contributed by atoms with Crippen molar-refractivity contribution in [2.75, 3.05) is 0 Å². The number of pyridine rings is 1. The zero-order chi connectivity index (χ0) is 19.6. The molecule has 0 saturated heterocycles. The fourth-order valence-electron chi connectivity index (χ4n) is 3.52. The SMILES string of the molecule is CC1=C(C(=O)O)C(c2cccc(Cc3cccnc3)c2)C(C(=O)O)=C(C)N1. The molecule has 3 rings (SSSR count). The number of rotatable bonds is 5. The Bertz CT molecular complexity index is 925. The van der Waals surface area contributed by atoms with Crippen molar-refractivity contribution in [3.63, 3.8) is 0 Å². The van der Waals surface area contributed by atoms with E-state index in [4.69, 9.17) is 0 Å². The number of allylic oxidation sites excluding steroid dienone is 2. The highest BCUT2D eigenvalue weighted by molar-refractivity contribution is 5.98. The molecule has 0 atom stereocenters. The Labute approximate surface area is 156 Å². The largest absolute Gasteiger partial charge is 0.478 e. The van der Waals surface area contributed by atoms with Gasteiger partial charge in [-0.3, -0.25) is 4.98 Å². The Balaban J connectivity index is 2.08. The fraction of sp³-hybridized carbons (Fsp3) is 0.190. The molecular weight excluding hydrogens is 344 g/mol. The maximum Gasteiger partial charge on any atom is 0.334 e. The van der Waals surface area contributed by atoms with Crippen molar-refractivity contribution in [1.29, 1.82) is 0 Å². The van der Waals surface area contributed by atoms with Gasteiger partial charge in [-0.05, 0) is 43.0 Å². The van der Waals surface area contributed by atoms with Gasteiger partial charge < -0.3 is 15.5 Å². The Morgan fingerprint density at radius 2 is 1.63 bits per heavy atom. The van der Waals surface area contributed by atoms with Crippen LogP contribution >= 0.6 is 0 Å². The molecule has 0 amide bonds. The van der Waals surface area contributed by atoms with Crippen LogP contribution < -0.4 is 5.32 Å². The molecule has 6 heteroatoms. The topological polar surface area (TPSA) is 99.5 Å². The maximum absolute atomic E-state index is 11.9. The molecule has 1 aromatic carbocycles. The highest BCUT2D eigenvalue weighted by Gasteiger charge is 2.36. The van der Waals surface area contributed by atoms with Crippen molar-refractivity contribution in [3.05, 3.63) is 88.0 Å². The van der Waals surface area contributed by atoms with E-state index in [-0.39, 0.29) is 11.1 Å². The van der Waals surface area contributed by atoms with E-state index in [0.717, 1.165) is 11.1 Å². The van der Waals surface area contributed by atoms with Crippen molar-refractivity contribution >= 4 is 11.9 Å². The second-order valence-electron chi connectivity index (χ2n) is 6.53. The number of aromatic nitrogens is 1. The number of carboxylic acid groups (broad SMARTS) is 2. The van der Waals surface area contributed by atoms with Gasteiger partial charge in [0.05, 0.1) is 17.1 Å². The number of dihydropyridines is 1. The summed E-state index contributed by atoms with van der Waals surface area (Å²) in [5.74, 6) is -3.10. The zero-order valence-electron chi connectivity index (χ0n) is 15.1. The quantitative estimate of drug-likeness (QED) is 0.754. The molecule has 3 N–H and O–H groups in total. The number of carboxylic acids is 2. The van der Waals surface area contributed by atoms with Crippen LogP contribution in [-0.4, -0.2) is 27.1 Å². The number of hydrogen-bond donors (Lipinski definition) is 3. The average Bonchev–Trinajstić information content (AvgIpc) is 2.61. The molecule has 0 radical (unpaired) electrons. The van der Waals surface area contributed by atoms with E-state index in [9.17, 15) is 19.8 Å². The van der Waals surface area contributed by atoms with Gasteiger partial charge in [0.1, 0.15) is 0 Å². The number of nitrogens with one attached hydrogen (secondary N) is 1. The highest BCUT2D eigenvalue weighted by atomic mass is 16.4. The van der Waals surface area contributed by atoms with Gasteiger partial charge in [-0.15, -0.1) is 0 Å². The van der Waals surface area contributed by atoms with Crippen LogP contribution in [0.2, 0.25) is 0 Å². The molecule has 0 aliphatic carbocycles. The summed E-state index contributed by atoms with van der Waals surface area (Å²) in [6, 6.07) is 11.2. The highest BCUT2D eigenvalue weighted by Crippen LogP contribution is 2.38. The lowest BCUT2D eigenvalue weighted by molar-refractivity contribution is -0.133. The minimum absolute atomic E-state index is 0.0523. The van der Waals surface area contributed by atoms with Gasteiger partial charge in [0.25, 0.3) is 0 Å². The first-order valence-corrected chi connectivity index (χ1v) is 8.51. The van der Waals surface area contributed by atoms with E-state index < -0.39 is 17.9 Å². The monoisotopic (exact) mass is 364 g/mol. The predicted octanol–water partition coefficient (Wildman–Crippen LogP) is 3.08. The summed E-state index contributed by atoms with van der Waals surface area (Å²) in [7, 11) is 0. The summed E-state index contributed by atoms with van der Waals surface area (Å²) >= 11 is 0. The van der Waals surface area contributed by atoms with Gasteiger partial charge in [-0.25, -0.2) is 9.59 Å². The third kappa shape index (κ3) is 3.74. The first-order chi connectivity index (χ1) is 12.9. The molecule has 2 aromatic rings. The summed E-state index contributed by atoms with van der Waals surface area (Å²) in [5.41, 5.74) is 3.64. The molecule has 1 aromatic heterocycles. The zero-order valence-corrected chi connectivity index (χ0v) is 15.1. The molecule has 0 saturated carbocycles. The summed E-state index contributed by atoms with van der Waals surface area (Å²) < 4.78 is 0. The standard InChI is InChI=1S/C21H20N2O4/c1-12-17(20(24)25)19(18(21(26)27)13(2)23-12)16-7-3-5-14(10-16)9-15-6-4-8-22-11-15/h3-8,10-11,19,23H,9H2,1-2H3,(H,24,25)(H,26,27). The van der Waals surface area contributed by atoms with Gasteiger partial charge in [0, 0.05) is 23.8 Å². The lowest BCUT2D eigenvalue weighted by Crippen LogP contribution is -2.31. The van der Waals surface area contributed by atoms with E-state index in [1.54, 1.807) is 32.3 Å². The van der Waals surface area contributed by atoms with Crippen molar-refractivity contribution in [1.82, 2.24) is 10.3 Å². The van der Waals surface area contributed by atoms with Crippen LogP contribution in [0.25, 0.3) is 0 Å². The third-order valence-electron chi connectivity index (χ3n) is 4.64. The molecule has 0 unspecified atom stereocenters. The van der Waals surface area contributed by atoms with Gasteiger partial charge in [0.2, 0.25) is 0 Å². The number of carbonyl (C=O) groups is 2. The molecule has 0 bridgehead atoms. The van der Waals surface area contributed by atoms with Crippen LogP contribution in [0.15, 0.2) is 71.3 Å². The second-order valence-corrected chi connectivity index (χ2v) is 6.53. The molecule has 138 valence electrons. The van der Waals surface area contributed by atoms with E-state index in [1.165, 1.54) is 0 Å². The Kier molecular flexibility index (Phi) is 5.07. The van der Waals surface area contributed by atoms with Crippen molar-refractivity contribution in [3.8, 4) is 0 Å². The van der Waals surface area contributed by atoms with Crippen LogP contribution in [0.3, 0.4) is 0 Å². The van der Waals surface area contributed by atoms with E-state index in [2.05, 4.69) is 10.3 Å². The number of hydrogen-bond acceptors (Lipinski definition) is 4. The normalized spacial score (nSPS) is 14.9. The third-order valence-corrected chi connectivity index (χ3v) is 4.64. The molecule has 0 spiro atoms. The first kappa shape index (κ1) is 18.4. The van der Waals surface area contributed by atoms with E-state index in [0.29, 0.717) is 23.4 Å². The summed E-state index contributed by atoms with van der Waals surface area (Å²) in [4.78, 5) is 27.9. The lowest BCUT2D eigenvalue weighted by atomic mass is 9.80. The van der Waals surface area contributed by atoms with E-state index in [1.807, 2.05) is 30.3 Å². The molecular formula is C21H20N2O4. The molecule has 0 fully saturated rings. The van der Waals surface area contributed by atoms with Crippen LogP contribution in [0.5, 0.6) is 0 Å². The van der Waals surface area contributed by atoms with Crippen LogP contribution in [0.1, 0.15) is 36.5 Å². The molecule has 2 heterocycles. The Morgan fingerprint density at radius 3 is 2.19 bits per heavy atom. The molecule has 1 aliphatic heterocycles. The van der Waals surface area contributed by atoms with Crippen LogP contribution in [0, 0.1) is 0 Å². The van der Waals surface area contributed by atoms with Gasteiger partial charge in [-0.2, -0.15) is 0 Å². The minimum Gasteiger partial charge on any atom is -0.478 e. The first-order valence-electron chi connectivity index (χ1n) is 8.51. The van der Waals surface area contributed by atoms with Gasteiger partial charge >= 0.3 is 11.9 Å². The summed E-state index contributed by atoms with van der Waals surface area (Å²) in [6.45, 7) is 3.30. The molecule has 6 nitrogen and oxygen atoms in total. The van der Waals surface area contributed by atoms with Crippen LogP contribution in [0.4, 0.5) is 0 Å². The molecule has 27 heavy (non-hydrogen) atoms. The predicted molar refractivity (Wildman–Crippen MR) is 100 cm³/mol. The van der Waals surface area contributed by atoms with Crippen molar-refractivity contribution in [2.24, 2.45) is 0 Å². The number of nitrogens with zero attached hydrogens (tertiary/aromatic N) is 1.